The number of nitrogens with two attached hydrogens (primary N) is 1. The topological polar surface area (TPSA) is 66.0 Å². The van der Waals surface area contributed by atoms with E-state index in [-0.39, 0.29) is 0 Å². The van der Waals surface area contributed by atoms with E-state index >= 15 is 0 Å². The van der Waals surface area contributed by atoms with E-state index in [4.69, 9.17) is 10.5 Å². The molecule has 1 aliphatic carbocycles. The van der Waals surface area contributed by atoms with Gasteiger partial charge in [-0.2, -0.15) is 10.1 Å². The van der Waals surface area contributed by atoms with Gasteiger partial charge in [-0.15, -0.1) is 0 Å². The minimum Gasteiger partial charge on any atom is -0.381 e. The third-order valence-corrected chi connectivity index (χ3v) is 3.15. The summed E-state index contributed by atoms with van der Waals surface area (Å²) in [5.74, 6) is 2.09. The van der Waals surface area contributed by atoms with E-state index in [9.17, 15) is 0 Å². The molecule has 2 aliphatic rings. The van der Waals surface area contributed by atoms with Gasteiger partial charge in [0, 0.05) is 19.1 Å². The van der Waals surface area contributed by atoms with Crippen LogP contribution in [0.2, 0.25) is 0 Å². The average Bonchev–Trinajstić information content (AvgIpc) is 3.04. The Morgan fingerprint density at radius 2 is 1.93 bits per heavy atom. The van der Waals surface area contributed by atoms with Gasteiger partial charge in [0.25, 0.3) is 0 Å². The van der Waals surface area contributed by atoms with Crippen molar-refractivity contribution in [2.75, 3.05) is 18.9 Å². The van der Waals surface area contributed by atoms with Crippen LogP contribution in [0.15, 0.2) is 0 Å². The van der Waals surface area contributed by atoms with Gasteiger partial charge in [-0.05, 0) is 25.7 Å². The molecule has 0 atom stereocenters. The van der Waals surface area contributed by atoms with Crippen LogP contribution < -0.4 is 5.73 Å². The third-order valence-electron chi connectivity index (χ3n) is 3.15. The second kappa shape index (κ2) is 3.48. The van der Waals surface area contributed by atoms with Gasteiger partial charge < -0.3 is 10.5 Å². The zero-order valence-corrected chi connectivity index (χ0v) is 8.72. The summed E-state index contributed by atoms with van der Waals surface area (Å²) in [4.78, 5) is 4.34. The molecule has 82 valence electrons. The van der Waals surface area contributed by atoms with Crippen molar-refractivity contribution in [1.29, 1.82) is 0 Å². The lowest BCUT2D eigenvalue weighted by Gasteiger charge is -2.22. The first kappa shape index (κ1) is 9.15. The van der Waals surface area contributed by atoms with Crippen LogP contribution in [0.1, 0.15) is 43.5 Å². The van der Waals surface area contributed by atoms with Crippen LogP contribution in [-0.4, -0.2) is 28.0 Å². The Kier molecular flexibility index (Phi) is 2.12. The third kappa shape index (κ3) is 1.71. The molecular formula is C10H16N4O. The SMILES string of the molecule is Nc1nc(C2CC2)nn1C1CCOCC1. The average molecular weight is 208 g/mol. The molecule has 2 fully saturated rings. The molecule has 1 aromatic heterocycles. The molecule has 0 bridgehead atoms. The molecule has 0 spiro atoms. The van der Waals surface area contributed by atoms with Crippen molar-refractivity contribution in [3.63, 3.8) is 0 Å². The highest BCUT2D eigenvalue weighted by atomic mass is 16.5. The van der Waals surface area contributed by atoms with E-state index in [0.717, 1.165) is 31.9 Å². The van der Waals surface area contributed by atoms with Crippen molar-refractivity contribution in [3.8, 4) is 0 Å². The van der Waals surface area contributed by atoms with Crippen LogP contribution >= 0.6 is 0 Å². The predicted octanol–water partition coefficient (Wildman–Crippen LogP) is 1.09. The van der Waals surface area contributed by atoms with Gasteiger partial charge in [-0.3, -0.25) is 0 Å². The Balaban J connectivity index is 1.82. The van der Waals surface area contributed by atoms with Crippen molar-refractivity contribution < 1.29 is 4.74 Å². The first-order valence-corrected chi connectivity index (χ1v) is 5.64. The highest BCUT2D eigenvalue weighted by Crippen LogP contribution is 2.39. The van der Waals surface area contributed by atoms with Crippen molar-refractivity contribution in [2.45, 2.75) is 37.6 Å². The smallest absolute Gasteiger partial charge is 0.218 e. The maximum absolute atomic E-state index is 5.89. The van der Waals surface area contributed by atoms with Gasteiger partial charge >= 0.3 is 0 Å². The van der Waals surface area contributed by atoms with Crippen LogP contribution in [0, 0.1) is 0 Å². The molecule has 2 heterocycles. The standard InChI is InChI=1S/C10H16N4O/c11-10-12-9(7-1-2-7)13-14(10)8-3-5-15-6-4-8/h7-8H,1-6H2,(H2,11,12,13). The molecule has 1 aliphatic heterocycles. The quantitative estimate of drug-likeness (QED) is 0.790. The number of rotatable bonds is 2. The minimum absolute atomic E-state index is 0.388. The molecule has 0 radical (unpaired) electrons. The van der Waals surface area contributed by atoms with Crippen LogP contribution in [0.5, 0.6) is 0 Å². The summed E-state index contributed by atoms with van der Waals surface area (Å²) >= 11 is 0. The van der Waals surface area contributed by atoms with E-state index in [1.165, 1.54) is 12.8 Å². The summed E-state index contributed by atoms with van der Waals surface area (Å²) in [5, 5.41) is 4.52. The lowest BCUT2D eigenvalue weighted by Crippen LogP contribution is -2.21. The lowest BCUT2D eigenvalue weighted by atomic mass is 10.1. The summed E-state index contributed by atoms with van der Waals surface area (Å²) in [6.07, 6.45) is 4.43. The fourth-order valence-corrected chi connectivity index (χ4v) is 2.07. The van der Waals surface area contributed by atoms with Gasteiger partial charge in [0.05, 0.1) is 6.04 Å². The van der Waals surface area contributed by atoms with Gasteiger partial charge in [0.2, 0.25) is 5.95 Å². The lowest BCUT2D eigenvalue weighted by molar-refractivity contribution is 0.0667. The molecule has 3 rings (SSSR count). The summed E-state index contributed by atoms with van der Waals surface area (Å²) in [7, 11) is 0. The van der Waals surface area contributed by atoms with Crippen molar-refractivity contribution in [1.82, 2.24) is 14.8 Å². The predicted molar refractivity (Wildman–Crippen MR) is 55.5 cm³/mol. The number of ether oxygens (including phenoxy) is 1. The Labute approximate surface area is 88.6 Å². The second-order valence-electron chi connectivity index (χ2n) is 4.39. The molecule has 5 nitrogen and oxygen atoms in total. The van der Waals surface area contributed by atoms with Crippen molar-refractivity contribution in [3.05, 3.63) is 5.82 Å². The molecular weight excluding hydrogens is 192 g/mol. The molecule has 0 unspecified atom stereocenters. The minimum atomic E-state index is 0.388. The molecule has 1 aromatic rings. The van der Waals surface area contributed by atoms with Crippen LogP contribution in [-0.2, 0) is 4.74 Å². The van der Waals surface area contributed by atoms with E-state index in [1.54, 1.807) is 0 Å². The van der Waals surface area contributed by atoms with E-state index in [1.807, 2.05) is 4.68 Å². The maximum atomic E-state index is 5.89. The molecule has 1 saturated carbocycles. The molecule has 1 saturated heterocycles. The zero-order valence-electron chi connectivity index (χ0n) is 8.72. The van der Waals surface area contributed by atoms with Crippen molar-refractivity contribution in [2.24, 2.45) is 0 Å². The zero-order chi connectivity index (χ0) is 10.3. The van der Waals surface area contributed by atoms with E-state index < -0.39 is 0 Å². The second-order valence-corrected chi connectivity index (χ2v) is 4.39. The monoisotopic (exact) mass is 208 g/mol. The summed E-state index contributed by atoms with van der Waals surface area (Å²) in [6.45, 7) is 1.62. The molecule has 15 heavy (non-hydrogen) atoms. The van der Waals surface area contributed by atoms with Gasteiger partial charge in [-0.25, -0.2) is 4.68 Å². The Morgan fingerprint density at radius 3 is 2.60 bits per heavy atom. The van der Waals surface area contributed by atoms with Gasteiger partial charge in [0.1, 0.15) is 0 Å². The van der Waals surface area contributed by atoms with Crippen molar-refractivity contribution >= 4 is 5.95 Å². The van der Waals surface area contributed by atoms with Crippen LogP contribution in [0.3, 0.4) is 0 Å². The molecule has 2 N–H and O–H groups in total. The van der Waals surface area contributed by atoms with Gasteiger partial charge in [-0.1, -0.05) is 0 Å². The summed E-state index contributed by atoms with van der Waals surface area (Å²) < 4.78 is 7.22. The number of nitrogen functional groups attached to an aromatic ring is 1. The van der Waals surface area contributed by atoms with E-state index in [2.05, 4.69) is 10.1 Å². The summed E-state index contributed by atoms with van der Waals surface area (Å²) in [6, 6.07) is 0.388. The highest BCUT2D eigenvalue weighted by Gasteiger charge is 2.30. The number of nitrogens with zero attached hydrogens (tertiary/aromatic N) is 3. The normalized spacial score (nSPS) is 23.2. The number of hydrogen-bond donors (Lipinski definition) is 1. The summed E-state index contributed by atoms with van der Waals surface area (Å²) in [5.41, 5.74) is 5.89. The van der Waals surface area contributed by atoms with E-state index in [0.29, 0.717) is 17.9 Å². The fourth-order valence-electron chi connectivity index (χ4n) is 2.07. The largest absolute Gasteiger partial charge is 0.381 e. The Bertz CT molecular complexity index is 352. The first-order valence-electron chi connectivity index (χ1n) is 5.64. The Hall–Kier alpha value is -1.10. The number of aromatic nitrogens is 3. The fraction of sp³-hybridized carbons (Fsp3) is 0.800. The Morgan fingerprint density at radius 1 is 1.20 bits per heavy atom. The maximum Gasteiger partial charge on any atom is 0.218 e. The van der Waals surface area contributed by atoms with Crippen LogP contribution in [0.4, 0.5) is 5.95 Å². The van der Waals surface area contributed by atoms with Gasteiger partial charge in [0.15, 0.2) is 5.82 Å². The number of anilines is 1. The molecule has 0 amide bonds. The highest BCUT2D eigenvalue weighted by molar-refractivity contribution is 5.20. The number of hydrogen-bond acceptors (Lipinski definition) is 4. The first-order chi connectivity index (χ1) is 7.34. The molecule has 0 aromatic carbocycles. The molecule has 5 heteroatoms. The van der Waals surface area contributed by atoms with Crippen LogP contribution in [0.25, 0.3) is 0 Å².